The minimum absolute atomic E-state index is 0.328. The number of carbonyl (C=O) groups is 3. The summed E-state index contributed by atoms with van der Waals surface area (Å²) in [6.07, 6.45) is 0.646. The van der Waals surface area contributed by atoms with Crippen LogP contribution in [0.4, 0.5) is 4.79 Å². The lowest BCUT2D eigenvalue weighted by Gasteiger charge is -2.21. The molecule has 1 atom stereocenters. The molecule has 1 aromatic rings. The van der Waals surface area contributed by atoms with Gasteiger partial charge < -0.3 is 14.8 Å². The standard InChI is InChI=1S/C15H19BrN2O5/c1-9(18-14(21)23-15(2,3)4)13(20)22-8-11(19)10-5-6-12(16)17-7-10/h5-7,9H,8H2,1-4H3,(H,18,21)/t9-/m0/s1. The van der Waals surface area contributed by atoms with Crippen LogP contribution < -0.4 is 5.32 Å². The van der Waals surface area contributed by atoms with Crippen molar-refractivity contribution in [2.24, 2.45) is 0 Å². The van der Waals surface area contributed by atoms with Crippen LogP contribution in [-0.4, -0.2) is 41.1 Å². The topological polar surface area (TPSA) is 94.6 Å². The van der Waals surface area contributed by atoms with Crippen LogP contribution >= 0.6 is 15.9 Å². The third-order valence-corrected chi connectivity index (χ3v) is 2.95. The van der Waals surface area contributed by atoms with E-state index in [1.807, 2.05) is 0 Å². The fourth-order valence-electron chi connectivity index (χ4n) is 1.43. The van der Waals surface area contributed by atoms with Crippen LogP contribution in [0.15, 0.2) is 22.9 Å². The molecule has 126 valence electrons. The van der Waals surface area contributed by atoms with Gasteiger partial charge in [-0.1, -0.05) is 0 Å². The van der Waals surface area contributed by atoms with Crippen LogP contribution in [0, 0.1) is 0 Å². The molecule has 0 spiro atoms. The molecule has 0 aliphatic heterocycles. The van der Waals surface area contributed by atoms with Crippen molar-refractivity contribution in [2.75, 3.05) is 6.61 Å². The summed E-state index contributed by atoms with van der Waals surface area (Å²) < 4.78 is 10.5. The normalized spacial score (nSPS) is 12.2. The monoisotopic (exact) mass is 386 g/mol. The summed E-state index contributed by atoms with van der Waals surface area (Å²) >= 11 is 3.16. The van der Waals surface area contributed by atoms with Crippen LogP contribution in [0.2, 0.25) is 0 Å². The first-order valence-corrected chi connectivity index (χ1v) is 7.68. The molecule has 0 bridgehead atoms. The Morgan fingerprint density at radius 2 is 1.96 bits per heavy atom. The third-order valence-electron chi connectivity index (χ3n) is 2.48. The Bertz CT molecular complexity index is 581. The molecular weight excluding hydrogens is 368 g/mol. The molecule has 1 amide bonds. The summed E-state index contributed by atoms with van der Waals surface area (Å²) in [5, 5.41) is 2.34. The summed E-state index contributed by atoms with van der Waals surface area (Å²) in [6, 6.07) is 2.25. The molecule has 8 heteroatoms. The number of esters is 1. The highest BCUT2D eigenvalue weighted by Crippen LogP contribution is 2.08. The van der Waals surface area contributed by atoms with Gasteiger partial charge in [-0.15, -0.1) is 0 Å². The van der Waals surface area contributed by atoms with Gasteiger partial charge in [-0.25, -0.2) is 14.6 Å². The number of Topliss-reactive ketones (excluding diaryl/α,β-unsaturated/α-hetero) is 1. The predicted molar refractivity (Wildman–Crippen MR) is 86.1 cm³/mol. The zero-order valence-corrected chi connectivity index (χ0v) is 15.0. The number of ketones is 1. The smallest absolute Gasteiger partial charge is 0.408 e. The van der Waals surface area contributed by atoms with Crippen molar-refractivity contribution < 1.29 is 23.9 Å². The van der Waals surface area contributed by atoms with Crippen LogP contribution in [-0.2, 0) is 14.3 Å². The van der Waals surface area contributed by atoms with E-state index in [4.69, 9.17) is 9.47 Å². The number of nitrogens with one attached hydrogen (secondary N) is 1. The average Bonchev–Trinajstić information content (AvgIpc) is 2.42. The first-order valence-electron chi connectivity index (χ1n) is 6.89. The van der Waals surface area contributed by atoms with Crippen molar-refractivity contribution in [2.45, 2.75) is 39.3 Å². The largest absolute Gasteiger partial charge is 0.456 e. The number of halogens is 1. The van der Waals surface area contributed by atoms with Gasteiger partial charge in [0.1, 0.15) is 16.2 Å². The van der Waals surface area contributed by atoms with Gasteiger partial charge >= 0.3 is 12.1 Å². The van der Waals surface area contributed by atoms with Crippen LogP contribution in [0.25, 0.3) is 0 Å². The highest BCUT2D eigenvalue weighted by atomic mass is 79.9. The van der Waals surface area contributed by atoms with Crippen molar-refractivity contribution in [3.63, 3.8) is 0 Å². The molecule has 0 saturated heterocycles. The number of alkyl carbamates (subject to hydrolysis) is 1. The quantitative estimate of drug-likeness (QED) is 0.474. The van der Waals surface area contributed by atoms with Gasteiger partial charge in [-0.3, -0.25) is 4.79 Å². The summed E-state index contributed by atoms with van der Waals surface area (Å²) in [5.41, 5.74) is -0.341. The van der Waals surface area contributed by atoms with E-state index in [0.29, 0.717) is 10.2 Å². The number of nitrogens with zero attached hydrogens (tertiary/aromatic N) is 1. The first-order chi connectivity index (χ1) is 10.6. The lowest BCUT2D eigenvalue weighted by atomic mass is 10.2. The zero-order chi connectivity index (χ0) is 17.6. The molecule has 1 rings (SSSR count). The Morgan fingerprint density at radius 1 is 1.30 bits per heavy atom. The van der Waals surface area contributed by atoms with Crippen molar-refractivity contribution in [1.29, 1.82) is 0 Å². The number of hydrogen-bond donors (Lipinski definition) is 1. The van der Waals surface area contributed by atoms with Crippen molar-refractivity contribution in [1.82, 2.24) is 10.3 Å². The first kappa shape index (κ1) is 19.1. The molecule has 23 heavy (non-hydrogen) atoms. The van der Waals surface area contributed by atoms with E-state index < -0.39 is 30.3 Å². The number of amides is 1. The van der Waals surface area contributed by atoms with E-state index in [-0.39, 0.29) is 5.78 Å². The van der Waals surface area contributed by atoms with Crippen molar-refractivity contribution >= 4 is 33.8 Å². The van der Waals surface area contributed by atoms with Gasteiger partial charge in [0, 0.05) is 11.8 Å². The van der Waals surface area contributed by atoms with Gasteiger partial charge in [0.05, 0.1) is 0 Å². The minimum Gasteiger partial charge on any atom is -0.456 e. The third kappa shape index (κ3) is 7.23. The number of pyridine rings is 1. The Kier molecular flexibility index (Phi) is 6.68. The molecule has 0 aliphatic rings. The maximum atomic E-state index is 11.8. The van der Waals surface area contributed by atoms with Crippen molar-refractivity contribution in [3.8, 4) is 0 Å². The average molecular weight is 387 g/mol. The SMILES string of the molecule is C[C@H](NC(=O)OC(C)(C)C)C(=O)OCC(=O)c1ccc(Br)nc1. The van der Waals surface area contributed by atoms with E-state index in [2.05, 4.69) is 26.2 Å². The lowest BCUT2D eigenvalue weighted by Crippen LogP contribution is -2.42. The molecule has 0 unspecified atom stereocenters. The summed E-state index contributed by atoms with van der Waals surface area (Å²) in [7, 11) is 0. The maximum absolute atomic E-state index is 11.8. The highest BCUT2D eigenvalue weighted by molar-refractivity contribution is 9.10. The minimum atomic E-state index is -0.930. The molecule has 1 N–H and O–H groups in total. The van der Waals surface area contributed by atoms with Gasteiger partial charge in [-0.05, 0) is 55.8 Å². The van der Waals surface area contributed by atoms with E-state index in [9.17, 15) is 14.4 Å². The van der Waals surface area contributed by atoms with Crippen LogP contribution in [0.1, 0.15) is 38.1 Å². The Hall–Kier alpha value is -1.96. The summed E-state index contributed by atoms with van der Waals surface area (Å²) in [4.78, 5) is 39.1. The van der Waals surface area contributed by atoms with E-state index >= 15 is 0 Å². The number of ether oxygens (including phenoxy) is 2. The summed E-state index contributed by atoms with van der Waals surface area (Å²) in [5.74, 6) is -1.11. The van der Waals surface area contributed by atoms with Crippen LogP contribution in [0.3, 0.4) is 0 Å². The highest BCUT2D eigenvalue weighted by Gasteiger charge is 2.22. The predicted octanol–water partition coefficient (Wildman–Crippen LogP) is 2.48. The van der Waals surface area contributed by atoms with Gasteiger partial charge in [-0.2, -0.15) is 0 Å². The molecule has 0 fully saturated rings. The second-order valence-electron chi connectivity index (χ2n) is 5.77. The molecule has 0 radical (unpaired) electrons. The molecule has 1 heterocycles. The van der Waals surface area contributed by atoms with Gasteiger partial charge in [0.15, 0.2) is 6.61 Å². The molecule has 0 aliphatic carbocycles. The molecule has 0 aromatic carbocycles. The van der Waals surface area contributed by atoms with Crippen LogP contribution in [0.5, 0.6) is 0 Å². The number of rotatable bonds is 5. The second kappa shape index (κ2) is 8.05. The summed E-state index contributed by atoms with van der Waals surface area (Å²) in [6.45, 7) is 6.14. The zero-order valence-electron chi connectivity index (χ0n) is 13.4. The Balaban J connectivity index is 2.45. The molecule has 1 aromatic heterocycles. The number of hydrogen-bond acceptors (Lipinski definition) is 6. The lowest BCUT2D eigenvalue weighted by molar-refractivity contribution is -0.144. The maximum Gasteiger partial charge on any atom is 0.408 e. The Morgan fingerprint density at radius 3 is 2.48 bits per heavy atom. The second-order valence-corrected chi connectivity index (χ2v) is 6.58. The van der Waals surface area contributed by atoms with E-state index in [1.165, 1.54) is 13.1 Å². The number of aromatic nitrogens is 1. The van der Waals surface area contributed by atoms with Gasteiger partial charge in [0.25, 0.3) is 0 Å². The molecule has 7 nitrogen and oxygen atoms in total. The molecule has 0 saturated carbocycles. The van der Waals surface area contributed by atoms with Gasteiger partial charge in [0.2, 0.25) is 5.78 Å². The van der Waals surface area contributed by atoms with E-state index in [1.54, 1.807) is 32.9 Å². The Labute approximate surface area is 142 Å². The number of carbonyl (C=O) groups excluding carboxylic acids is 3. The fraction of sp³-hybridized carbons (Fsp3) is 0.467. The fourth-order valence-corrected chi connectivity index (χ4v) is 1.66. The van der Waals surface area contributed by atoms with E-state index in [0.717, 1.165) is 0 Å². The molecular formula is C15H19BrN2O5. The van der Waals surface area contributed by atoms with Crippen molar-refractivity contribution in [3.05, 3.63) is 28.5 Å².